The highest BCUT2D eigenvalue weighted by molar-refractivity contribution is 6.34. The van der Waals surface area contributed by atoms with Crippen LogP contribution in [0.4, 0.5) is 4.39 Å². The summed E-state index contributed by atoms with van der Waals surface area (Å²) in [6.45, 7) is 4.23. The first-order valence-electron chi connectivity index (χ1n) is 8.22. The van der Waals surface area contributed by atoms with Crippen molar-refractivity contribution in [2.75, 3.05) is 13.1 Å². The van der Waals surface area contributed by atoms with Crippen molar-refractivity contribution in [3.05, 3.63) is 83.2 Å². The standard InChI is InChI=1S/C20H18ClFN2O2/c1-2-11-24(20(25)16-8-4-6-10-18(16)22)13-14-12-19(23-26-14)15-7-3-5-9-17(15)21/h2-10,14H,1,11-13H2. The second kappa shape index (κ2) is 8.15. The molecule has 2 aromatic rings. The lowest BCUT2D eigenvalue weighted by Crippen LogP contribution is -2.38. The van der Waals surface area contributed by atoms with E-state index in [1.165, 1.54) is 17.0 Å². The number of benzene rings is 2. The average molecular weight is 373 g/mol. The molecular formula is C20H18ClFN2O2. The Morgan fingerprint density at radius 1 is 1.31 bits per heavy atom. The third-order valence-corrected chi connectivity index (χ3v) is 4.41. The topological polar surface area (TPSA) is 41.9 Å². The number of oxime groups is 1. The minimum absolute atomic E-state index is 0.0274. The van der Waals surface area contributed by atoms with Gasteiger partial charge >= 0.3 is 0 Å². The van der Waals surface area contributed by atoms with E-state index in [0.29, 0.717) is 11.4 Å². The molecule has 6 heteroatoms. The van der Waals surface area contributed by atoms with Crippen LogP contribution in [-0.2, 0) is 4.84 Å². The van der Waals surface area contributed by atoms with Gasteiger partial charge in [0, 0.05) is 23.6 Å². The van der Waals surface area contributed by atoms with Crippen LogP contribution < -0.4 is 0 Å². The minimum atomic E-state index is -0.549. The SMILES string of the molecule is C=CCN(CC1CC(c2ccccc2Cl)=NO1)C(=O)c1ccccc1F. The predicted octanol–water partition coefficient (Wildman–Crippen LogP) is 4.30. The van der Waals surface area contributed by atoms with E-state index < -0.39 is 11.7 Å². The fourth-order valence-electron chi connectivity index (χ4n) is 2.83. The molecule has 0 aromatic heterocycles. The van der Waals surface area contributed by atoms with Crippen LogP contribution in [0.3, 0.4) is 0 Å². The molecule has 0 saturated carbocycles. The van der Waals surface area contributed by atoms with Crippen molar-refractivity contribution in [3.63, 3.8) is 0 Å². The fraction of sp³-hybridized carbons (Fsp3) is 0.200. The molecular weight excluding hydrogens is 355 g/mol. The Bertz CT molecular complexity index is 853. The summed E-state index contributed by atoms with van der Waals surface area (Å²) in [5.41, 5.74) is 1.57. The maximum atomic E-state index is 13.9. The van der Waals surface area contributed by atoms with Crippen LogP contribution in [0.5, 0.6) is 0 Å². The third-order valence-electron chi connectivity index (χ3n) is 4.08. The van der Waals surface area contributed by atoms with E-state index in [4.69, 9.17) is 16.4 Å². The summed E-state index contributed by atoms with van der Waals surface area (Å²) in [6.07, 6.45) is 1.79. The molecule has 4 nitrogen and oxygen atoms in total. The summed E-state index contributed by atoms with van der Waals surface area (Å²) < 4.78 is 13.9. The minimum Gasteiger partial charge on any atom is -0.390 e. The third kappa shape index (κ3) is 3.94. The van der Waals surface area contributed by atoms with Gasteiger partial charge in [-0.25, -0.2) is 4.39 Å². The lowest BCUT2D eigenvalue weighted by molar-refractivity contribution is 0.0447. The Kier molecular flexibility index (Phi) is 5.68. The van der Waals surface area contributed by atoms with E-state index in [9.17, 15) is 9.18 Å². The Balaban J connectivity index is 1.70. The van der Waals surface area contributed by atoms with Crippen molar-refractivity contribution in [2.24, 2.45) is 5.16 Å². The second-order valence-corrected chi connectivity index (χ2v) is 6.34. The molecule has 1 unspecified atom stereocenters. The maximum absolute atomic E-state index is 13.9. The zero-order valence-corrected chi connectivity index (χ0v) is 14.8. The number of hydrogen-bond donors (Lipinski definition) is 0. The van der Waals surface area contributed by atoms with Crippen molar-refractivity contribution in [1.82, 2.24) is 4.90 Å². The highest BCUT2D eigenvalue weighted by atomic mass is 35.5. The summed E-state index contributed by atoms with van der Waals surface area (Å²) in [5, 5.41) is 4.70. The fourth-order valence-corrected chi connectivity index (χ4v) is 3.07. The zero-order valence-electron chi connectivity index (χ0n) is 14.1. The van der Waals surface area contributed by atoms with Gasteiger partial charge < -0.3 is 9.74 Å². The van der Waals surface area contributed by atoms with E-state index in [0.717, 1.165) is 11.3 Å². The summed E-state index contributed by atoms with van der Waals surface area (Å²) in [5.74, 6) is -0.954. The molecule has 1 aliphatic heterocycles. The Morgan fingerprint density at radius 2 is 2.04 bits per heavy atom. The molecule has 1 aliphatic rings. The van der Waals surface area contributed by atoms with Crippen LogP contribution in [-0.4, -0.2) is 35.7 Å². The van der Waals surface area contributed by atoms with E-state index >= 15 is 0 Å². The number of carbonyl (C=O) groups excluding carboxylic acids is 1. The Morgan fingerprint density at radius 3 is 2.77 bits per heavy atom. The first kappa shape index (κ1) is 18.1. The van der Waals surface area contributed by atoms with Gasteiger partial charge in [0.05, 0.1) is 17.8 Å². The number of hydrogen-bond acceptors (Lipinski definition) is 3. The van der Waals surface area contributed by atoms with Crippen LogP contribution >= 0.6 is 11.6 Å². The van der Waals surface area contributed by atoms with E-state index in [-0.39, 0.29) is 24.8 Å². The largest absolute Gasteiger partial charge is 0.390 e. The quantitative estimate of drug-likeness (QED) is 0.709. The van der Waals surface area contributed by atoms with E-state index in [1.54, 1.807) is 24.3 Å². The van der Waals surface area contributed by atoms with Gasteiger partial charge in [0.25, 0.3) is 5.91 Å². The number of nitrogens with zero attached hydrogens (tertiary/aromatic N) is 2. The lowest BCUT2D eigenvalue weighted by atomic mass is 10.0. The van der Waals surface area contributed by atoms with E-state index in [1.807, 2.05) is 18.2 Å². The van der Waals surface area contributed by atoms with Gasteiger partial charge in [0.1, 0.15) is 5.82 Å². The number of halogens is 2. The van der Waals surface area contributed by atoms with Gasteiger partial charge in [-0.1, -0.05) is 53.2 Å². The summed E-state index contributed by atoms with van der Waals surface area (Å²) >= 11 is 6.20. The van der Waals surface area contributed by atoms with Crippen molar-refractivity contribution < 1.29 is 14.0 Å². The Hall–Kier alpha value is -2.66. The normalized spacial score (nSPS) is 15.9. The van der Waals surface area contributed by atoms with Crippen molar-refractivity contribution in [1.29, 1.82) is 0 Å². The van der Waals surface area contributed by atoms with Gasteiger partial charge in [0.15, 0.2) is 6.10 Å². The first-order chi connectivity index (χ1) is 12.6. The molecule has 0 aliphatic carbocycles. The molecule has 1 atom stereocenters. The molecule has 0 N–H and O–H groups in total. The molecule has 134 valence electrons. The van der Waals surface area contributed by atoms with Crippen LogP contribution in [0.2, 0.25) is 5.02 Å². The predicted molar refractivity (Wildman–Crippen MR) is 100.0 cm³/mol. The number of rotatable bonds is 6. The van der Waals surface area contributed by atoms with Gasteiger partial charge in [-0.05, 0) is 18.2 Å². The van der Waals surface area contributed by atoms with Crippen LogP contribution in [0.25, 0.3) is 0 Å². The highest BCUT2D eigenvalue weighted by Crippen LogP contribution is 2.23. The van der Waals surface area contributed by atoms with Gasteiger partial charge in [-0.2, -0.15) is 0 Å². The molecule has 0 saturated heterocycles. The molecule has 1 heterocycles. The van der Waals surface area contributed by atoms with Crippen LogP contribution in [0, 0.1) is 5.82 Å². The molecule has 2 aromatic carbocycles. The molecule has 3 rings (SSSR count). The zero-order chi connectivity index (χ0) is 18.5. The summed E-state index contributed by atoms with van der Waals surface area (Å²) in [7, 11) is 0. The molecule has 0 spiro atoms. The lowest BCUT2D eigenvalue weighted by Gasteiger charge is -2.23. The molecule has 1 amide bonds. The Labute approximate surface area is 156 Å². The smallest absolute Gasteiger partial charge is 0.257 e. The maximum Gasteiger partial charge on any atom is 0.257 e. The molecule has 0 bridgehead atoms. The van der Waals surface area contributed by atoms with Gasteiger partial charge in [-0.3, -0.25) is 4.79 Å². The van der Waals surface area contributed by atoms with Crippen molar-refractivity contribution in [3.8, 4) is 0 Å². The van der Waals surface area contributed by atoms with Crippen molar-refractivity contribution >= 4 is 23.2 Å². The first-order valence-corrected chi connectivity index (χ1v) is 8.60. The number of carbonyl (C=O) groups is 1. The molecule has 0 radical (unpaired) electrons. The monoisotopic (exact) mass is 372 g/mol. The van der Waals surface area contributed by atoms with Crippen LogP contribution in [0.1, 0.15) is 22.3 Å². The van der Waals surface area contributed by atoms with E-state index in [2.05, 4.69) is 11.7 Å². The highest BCUT2D eigenvalue weighted by Gasteiger charge is 2.28. The molecule has 0 fully saturated rings. The summed E-state index contributed by atoms with van der Waals surface area (Å²) in [4.78, 5) is 19.6. The second-order valence-electron chi connectivity index (χ2n) is 5.93. The average Bonchev–Trinajstić information content (AvgIpc) is 3.10. The van der Waals surface area contributed by atoms with Gasteiger partial charge in [0.2, 0.25) is 0 Å². The number of amides is 1. The van der Waals surface area contributed by atoms with Gasteiger partial charge in [-0.15, -0.1) is 6.58 Å². The van der Waals surface area contributed by atoms with Crippen molar-refractivity contribution in [2.45, 2.75) is 12.5 Å². The molecule has 26 heavy (non-hydrogen) atoms. The summed E-state index contributed by atoms with van der Waals surface area (Å²) in [6, 6.07) is 13.3. The van der Waals surface area contributed by atoms with Crippen LogP contribution in [0.15, 0.2) is 66.3 Å².